The molecule has 0 fully saturated rings. The van der Waals surface area contributed by atoms with E-state index in [1.54, 1.807) is 0 Å². The molecule has 1 aromatic heterocycles. The van der Waals surface area contributed by atoms with E-state index in [0.717, 1.165) is 39.0 Å². The van der Waals surface area contributed by atoms with Crippen LogP contribution in [0.25, 0.3) is 66.1 Å². The summed E-state index contributed by atoms with van der Waals surface area (Å²) in [5.41, 5.74) is 17.5. The fourth-order valence-electron chi connectivity index (χ4n) is 9.87. The molecule has 0 saturated heterocycles. The molecule has 55 heavy (non-hydrogen) atoms. The Balaban J connectivity index is 1.09. The van der Waals surface area contributed by atoms with Crippen molar-refractivity contribution in [1.29, 1.82) is 0 Å². The first kappa shape index (κ1) is 30.3. The number of fused-ring (bicyclic) bond motifs is 15. The first-order valence-electron chi connectivity index (χ1n) is 19.0. The molecular formula is C53H33NO. The quantitative estimate of drug-likeness (QED) is 0.182. The summed E-state index contributed by atoms with van der Waals surface area (Å²) in [5, 5.41) is 4.69. The number of hydrogen-bond acceptors (Lipinski definition) is 2. The number of hydrogen-bond donors (Lipinski definition) is 0. The minimum absolute atomic E-state index is 0.419. The number of furan rings is 1. The van der Waals surface area contributed by atoms with Gasteiger partial charge in [0.15, 0.2) is 0 Å². The molecule has 2 nitrogen and oxygen atoms in total. The van der Waals surface area contributed by atoms with Crippen molar-refractivity contribution in [2.75, 3.05) is 4.90 Å². The molecule has 2 heteroatoms. The number of nitrogens with zero attached hydrogens (tertiary/aromatic N) is 1. The lowest BCUT2D eigenvalue weighted by Gasteiger charge is -2.32. The van der Waals surface area contributed by atoms with Crippen LogP contribution >= 0.6 is 0 Å². The lowest BCUT2D eigenvalue weighted by Crippen LogP contribution is -2.26. The first-order chi connectivity index (χ1) is 27.3. The molecule has 0 atom stereocenters. The zero-order chi connectivity index (χ0) is 36.1. The Kier molecular flexibility index (Phi) is 6.29. The second-order valence-corrected chi connectivity index (χ2v) is 14.8. The average molecular weight is 700 g/mol. The third kappa shape index (κ3) is 4.14. The molecule has 12 rings (SSSR count). The van der Waals surface area contributed by atoms with Gasteiger partial charge < -0.3 is 9.32 Å². The van der Waals surface area contributed by atoms with Crippen LogP contribution in [0.3, 0.4) is 0 Å². The maximum absolute atomic E-state index is 6.83. The molecule has 1 spiro atoms. The van der Waals surface area contributed by atoms with Crippen LogP contribution in [0.1, 0.15) is 22.3 Å². The van der Waals surface area contributed by atoms with Gasteiger partial charge in [-0.1, -0.05) is 152 Å². The van der Waals surface area contributed by atoms with Crippen LogP contribution in [0.15, 0.2) is 205 Å². The van der Waals surface area contributed by atoms with Gasteiger partial charge in [0.05, 0.1) is 5.41 Å². The van der Waals surface area contributed by atoms with Crippen LogP contribution in [0.2, 0.25) is 0 Å². The molecule has 0 aliphatic heterocycles. The van der Waals surface area contributed by atoms with Crippen LogP contribution in [-0.4, -0.2) is 0 Å². The lowest BCUT2D eigenvalue weighted by molar-refractivity contribution is 0.669. The lowest BCUT2D eigenvalue weighted by atomic mass is 9.70. The highest BCUT2D eigenvalue weighted by molar-refractivity contribution is 6.22. The van der Waals surface area contributed by atoms with E-state index >= 15 is 0 Å². The largest absolute Gasteiger partial charge is 0.456 e. The smallest absolute Gasteiger partial charge is 0.137 e. The molecule has 10 aromatic rings. The molecule has 0 radical (unpaired) electrons. The Bertz CT molecular complexity index is 3090. The maximum Gasteiger partial charge on any atom is 0.137 e. The summed E-state index contributed by atoms with van der Waals surface area (Å²) in [6.45, 7) is 0. The van der Waals surface area contributed by atoms with E-state index in [9.17, 15) is 0 Å². The highest BCUT2D eigenvalue weighted by Crippen LogP contribution is 2.63. The number of rotatable bonds is 4. The Morgan fingerprint density at radius 3 is 1.53 bits per heavy atom. The number of para-hydroxylation sites is 1. The molecular weight excluding hydrogens is 667 g/mol. The summed E-state index contributed by atoms with van der Waals surface area (Å²) in [6.07, 6.45) is 0. The van der Waals surface area contributed by atoms with Crippen molar-refractivity contribution in [2.45, 2.75) is 5.41 Å². The van der Waals surface area contributed by atoms with Crippen LogP contribution in [-0.2, 0) is 5.41 Å². The Morgan fingerprint density at radius 2 is 0.855 bits per heavy atom. The Hall–Kier alpha value is -7.16. The third-order valence-corrected chi connectivity index (χ3v) is 12.1. The monoisotopic (exact) mass is 699 g/mol. The summed E-state index contributed by atoms with van der Waals surface area (Å²) < 4.78 is 6.83. The van der Waals surface area contributed by atoms with E-state index in [4.69, 9.17) is 4.42 Å². The molecule has 0 amide bonds. The fourth-order valence-corrected chi connectivity index (χ4v) is 9.87. The van der Waals surface area contributed by atoms with Gasteiger partial charge in [-0.05, 0) is 109 Å². The van der Waals surface area contributed by atoms with E-state index in [0.29, 0.717) is 0 Å². The van der Waals surface area contributed by atoms with Crippen molar-refractivity contribution in [2.24, 2.45) is 0 Å². The van der Waals surface area contributed by atoms with Gasteiger partial charge in [0.1, 0.15) is 11.2 Å². The zero-order valence-electron chi connectivity index (χ0n) is 29.9. The van der Waals surface area contributed by atoms with Crippen molar-refractivity contribution >= 4 is 49.8 Å². The molecule has 256 valence electrons. The highest BCUT2D eigenvalue weighted by atomic mass is 16.3. The number of anilines is 3. The predicted molar refractivity (Wildman–Crippen MR) is 228 cm³/mol. The van der Waals surface area contributed by atoms with Gasteiger partial charge in [-0.2, -0.15) is 0 Å². The Labute approximate surface area is 319 Å². The van der Waals surface area contributed by atoms with Crippen molar-refractivity contribution in [1.82, 2.24) is 0 Å². The summed E-state index contributed by atoms with van der Waals surface area (Å²) in [5.74, 6) is 0. The molecule has 9 aromatic carbocycles. The standard InChI is InChI=1S/C53H33NO/c1-3-15-34(16-4-1)45-33-51-52(43-23-8-7-19-38(43)45)44-30-28-37(32-50(44)55-51)54(35-17-5-2-6-18-35)36-27-29-42-41-22-11-14-26-48(41)53(49(42)31-36)46-24-12-9-20-39(46)40-21-10-13-25-47(40)53/h1-33H. The normalized spacial score (nSPS) is 13.2. The van der Waals surface area contributed by atoms with E-state index in [1.807, 2.05) is 0 Å². The van der Waals surface area contributed by atoms with E-state index in [1.165, 1.54) is 66.4 Å². The molecule has 0 bridgehead atoms. The fraction of sp³-hybridized carbons (Fsp3) is 0.0189. The molecule has 2 aliphatic carbocycles. The van der Waals surface area contributed by atoms with Crippen LogP contribution < -0.4 is 4.90 Å². The number of benzene rings is 9. The maximum atomic E-state index is 6.83. The topological polar surface area (TPSA) is 16.4 Å². The molecule has 0 unspecified atom stereocenters. The van der Waals surface area contributed by atoms with Crippen LogP contribution in [0.4, 0.5) is 17.1 Å². The second-order valence-electron chi connectivity index (χ2n) is 14.8. The second kappa shape index (κ2) is 11.4. The van der Waals surface area contributed by atoms with Gasteiger partial charge in [-0.3, -0.25) is 0 Å². The van der Waals surface area contributed by atoms with Crippen molar-refractivity contribution in [3.05, 3.63) is 222 Å². The van der Waals surface area contributed by atoms with Gasteiger partial charge in [0.25, 0.3) is 0 Å². The highest BCUT2D eigenvalue weighted by Gasteiger charge is 2.51. The van der Waals surface area contributed by atoms with Crippen molar-refractivity contribution in [3.8, 4) is 33.4 Å². The van der Waals surface area contributed by atoms with Gasteiger partial charge in [0, 0.05) is 33.9 Å². The zero-order valence-corrected chi connectivity index (χ0v) is 29.9. The predicted octanol–water partition coefficient (Wildman–Crippen LogP) is 14.2. The van der Waals surface area contributed by atoms with Crippen LogP contribution in [0.5, 0.6) is 0 Å². The van der Waals surface area contributed by atoms with Gasteiger partial charge >= 0.3 is 0 Å². The molecule has 0 N–H and O–H groups in total. The average Bonchev–Trinajstić information content (AvgIpc) is 3.88. The van der Waals surface area contributed by atoms with Gasteiger partial charge in [-0.15, -0.1) is 0 Å². The first-order valence-corrected chi connectivity index (χ1v) is 19.0. The summed E-state index contributed by atoms with van der Waals surface area (Å²) in [4.78, 5) is 2.38. The van der Waals surface area contributed by atoms with Crippen molar-refractivity contribution in [3.63, 3.8) is 0 Å². The summed E-state index contributed by atoms with van der Waals surface area (Å²) in [6, 6.07) is 73.0. The summed E-state index contributed by atoms with van der Waals surface area (Å²) >= 11 is 0. The van der Waals surface area contributed by atoms with E-state index in [2.05, 4.69) is 205 Å². The SMILES string of the molecule is c1ccc(-c2cc3oc4cc(N(c5ccccc5)c5ccc6c(c5)C5(c7ccccc7-c7ccccc75)c5ccccc5-6)ccc4c3c3ccccc23)cc1. The van der Waals surface area contributed by atoms with Gasteiger partial charge in [-0.25, -0.2) is 0 Å². The molecule has 0 saturated carbocycles. The van der Waals surface area contributed by atoms with E-state index < -0.39 is 5.41 Å². The minimum Gasteiger partial charge on any atom is -0.456 e. The van der Waals surface area contributed by atoms with E-state index in [-0.39, 0.29) is 0 Å². The van der Waals surface area contributed by atoms with Gasteiger partial charge in [0.2, 0.25) is 0 Å². The van der Waals surface area contributed by atoms with Crippen LogP contribution in [0, 0.1) is 0 Å². The van der Waals surface area contributed by atoms with Crippen molar-refractivity contribution < 1.29 is 4.42 Å². The third-order valence-electron chi connectivity index (χ3n) is 12.1. The Morgan fingerprint density at radius 1 is 0.327 bits per heavy atom. The minimum atomic E-state index is -0.419. The summed E-state index contributed by atoms with van der Waals surface area (Å²) in [7, 11) is 0. The molecule has 2 aliphatic rings. The molecule has 1 heterocycles.